The molecule has 1 N–H and O–H groups in total. The largest absolute Gasteiger partial charge is 0.481 e. The lowest BCUT2D eigenvalue weighted by Crippen LogP contribution is -1.98. The highest BCUT2D eigenvalue weighted by atomic mass is 16.4. The smallest absolute Gasteiger partial charge is 0.303 e. The molecule has 21 heavy (non-hydrogen) atoms. The Hall–Kier alpha value is -0.860. The van der Waals surface area contributed by atoms with E-state index >= 15 is 0 Å². The van der Waals surface area contributed by atoms with Crippen LogP contribution in [0.4, 0.5) is 0 Å². The second-order valence-corrected chi connectivity index (χ2v) is 6.07. The zero-order chi connectivity index (χ0) is 15.8. The molecule has 0 rings (SSSR count). The van der Waals surface area contributed by atoms with E-state index in [0.29, 0.717) is 5.78 Å². The summed E-state index contributed by atoms with van der Waals surface area (Å²) in [6.07, 6.45) is 15.4. The molecular weight excluding hydrogens is 264 g/mol. The molecule has 0 unspecified atom stereocenters. The Bertz CT molecular complexity index is 261. The van der Waals surface area contributed by atoms with Gasteiger partial charge in [-0.25, -0.2) is 0 Å². The number of carboxylic acids is 1. The van der Waals surface area contributed by atoms with Gasteiger partial charge in [-0.05, 0) is 19.3 Å². The predicted octanol–water partition coefficient (Wildman–Crippen LogP) is 5.51. The van der Waals surface area contributed by atoms with Crippen molar-refractivity contribution >= 4 is 11.8 Å². The van der Waals surface area contributed by atoms with Gasteiger partial charge in [-0.3, -0.25) is 9.59 Å². The summed E-state index contributed by atoms with van der Waals surface area (Å²) in [5.74, 6) is -0.297. The summed E-state index contributed by atoms with van der Waals surface area (Å²) >= 11 is 0. The van der Waals surface area contributed by atoms with E-state index in [1.54, 1.807) is 0 Å². The molecule has 3 heteroatoms. The van der Waals surface area contributed by atoms with Crippen molar-refractivity contribution in [3.63, 3.8) is 0 Å². The monoisotopic (exact) mass is 298 g/mol. The Morgan fingerprint density at radius 1 is 0.619 bits per heavy atom. The van der Waals surface area contributed by atoms with Crippen molar-refractivity contribution in [1.82, 2.24) is 0 Å². The summed E-state index contributed by atoms with van der Waals surface area (Å²) in [6.45, 7) is 2.23. The summed E-state index contributed by atoms with van der Waals surface area (Å²) in [6, 6.07) is 0. The minimum Gasteiger partial charge on any atom is -0.481 e. The molecule has 0 saturated heterocycles. The Morgan fingerprint density at radius 3 is 1.43 bits per heavy atom. The molecule has 0 aromatic carbocycles. The van der Waals surface area contributed by atoms with Crippen LogP contribution in [0.3, 0.4) is 0 Å². The number of carbonyl (C=O) groups excluding carboxylic acids is 1. The summed E-state index contributed by atoms with van der Waals surface area (Å²) in [4.78, 5) is 22.0. The number of ketones is 1. The predicted molar refractivity (Wildman–Crippen MR) is 87.6 cm³/mol. The highest BCUT2D eigenvalue weighted by molar-refractivity contribution is 5.78. The second kappa shape index (κ2) is 15.5. The van der Waals surface area contributed by atoms with Crippen LogP contribution in [0.1, 0.15) is 103 Å². The average Bonchev–Trinajstić information content (AvgIpc) is 2.45. The maximum absolute atomic E-state index is 11.7. The fourth-order valence-electron chi connectivity index (χ4n) is 2.53. The average molecular weight is 298 g/mol. The topological polar surface area (TPSA) is 54.4 Å². The third-order valence-corrected chi connectivity index (χ3v) is 3.91. The van der Waals surface area contributed by atoms with Gasteiger partial charge in [0.15, 0.2) is 0 Å². The van der Waals surface area contributed by atoms with Crippen LogP contribution in [0.15, 0.2) is 0 Å². The molecule has 0 saturated carbocycles. The highest BCUT2D eigenvalue weighted by Crippen LogP contribution is 2.11. The molecule has 0 aliphatic heterocycles. The number of rotatable bonds is 16. The molecule has 0 heterocycles. The van der Waals surface area contributed by atoms with Gasteiger partial charge in [0.2, 0.25) is 0 Å². The highest BCUT2D eigenvalue weighted by Gasteiger charge is 2.02. The van der Waals surface area contributed by atoms with Gasteiger partial charge in [0.05, 0.1) is 0 Å². The van der Waals surface area contributed by atoms with Crippen LogP contribution in [0.5, 0.6) is 0 Å². The molecule has 0 aromatic rings. The fourth-order valence-corrected chi connectivity index (χ4v) is 2.53. The van der Waals surface area contributed by atoms with Gasteiger partial charge >= 0.3 is 5.97 Å². The number of hydrogen-bond acceptors (Lipinski definition) is 2. The van der Waals surface area contributed by atoms with Gasteiger partial charge in [-0.2, -0.15) is 0 Å². The van der Waals surface area contributed by atoms with Crippen molar-refractivity contribution in [1.29, 1.82) is 0 Å². The lowest BCUT2D eigenvalue weighted by atomic mass is 10.0. The van der Waals surface area contributed by atoms with Crippen molar-refractivity contribution in [2.75, 3.05) is 0 Å². The first-order valence-corrected chi connectivity index (χ1v) is 8.90. The number of Topliss-reactive ketones (excluding diaryl/α,β-unsaturated/α-hetero) is 1. The molecule has 124 valence electrons. The van der Waals surface area contributed by atoms with Crippen LogP contribution in [-0.2, 0) is 9.59 Å². The molecule has 0 amide bonds. The Kier molecular flexibility index (Phi) is 14.9. The van der Waals surface area contributed by atoms with E-state index in [4.69, 9.17) is 5.11 Å². The third-order valence-electron chi connectivity index (χ3n) is 3.91. The minimum absolute atomic E-state index is 0.275. The molecule has 0 bridgehead atoms. The molecule has 0 aromatic heterocycles. The maximum atomic E-state index is 11.7. The van der Waals surface area contributed by atoms with Crippen molar-refractivity contribution < 1.29 is 14.7 Å². The van der Waals surface area contributed by atoms with E-state index < -0.39 is 5.97 Å². The van der Waals surface area contributed by atoms with E-state index in [-0.39, 0.29) is 6.42 Å². The maximum Gasteiger partial charge on any atom is 0.303 e. The zero-order valence-corrected chi connectivity index (χ0v) is 13.9. The van der Waals surface area contributed by atoms with E-state index in [0.717, 1.165) is 51.4 Å². The summed E-state index contributed by atoms with van der Waals surface area (Å²) < 4.78 is 0. The van der Waals surface area contributed by atoms with Crippen LogP contribution in [0.25, 0.3) is 0 Å². The number of hydrogen-bond donors (Lipinski definition) is 1. The van der Waals surface area contributed by atoms with E-state index in [2.05, 4.69) is 6.92 Å². The molecule has 0 aliphatic rings. The van der Waals surface area contributed by atoms with Gasteiger partial charge in [0.25, 0.3) is 0 Å². The number of unbranched alkanes of at least 4 members (excludes halogenated alkanes) is 10. The van der Waals surface area contributed by atoms with Crippen LogP contribution in [0.2, 0.25) is 0 Å². The quantitative estimate of drug-likeness (QED) is 0.382. The third kappa shape index (κ3) is 17.1. The first kappa shape index (κ1) is 20.1. The normalized spacial score (nSPS) is 10.7. The Balaban J connectivity index is 3.18. The van der Waals surface area contributed by atoms with Crippen molar-refractivity contribution in [2.24, 2.45) is 0 Å². The summed E-state index contributed by atoms with van der Waals surface area (Å²) in [5.41, 5.74) is 0. The zero-order valence-electron chi connectivity index (χ0n) is 13.9. The second-order valence-electron chi connectivity index (χ2n) is 6.07. The first-order valence-electron chi connectivity index (χ1n) is 8.90. The molecule has 0 atom stereocenters. The summed E-state index contributed by atoms with van der Waals surface area (Å²) in [5, 5.41) is 8.51. The Morgan fingerprint density at radius 2 is 1.00 bits per heavy atom. The van der Waals surface area contributed by atoms with E-state index in [1.165, 1.54) is 38.5 Å². The van der Waals surface area contributed by atoms with Crippen LogP contribution < -0.4 is 0 Å². The lowest BCUT2D eigenvalue weighted by molar-refractivity contribution is -0.137. The lowest BCUT2D eigenvalue weighted by Gasteiger charge is -2.02. The standard InChI is InChI=1S/C18H34O3/c1-2-3-4-5-6-8-11-14-17(19)15-12-9-7-10-13-16-18(20)21/h2-16H2,1H3,(H,20,21). The van der Waals surface area contributed by atoms with Gasteiger partial charge in [0, 0.05) is 19.3 Å². The van der Waals surface area contributed by atoms with Gasteiger partial charge < -0.3 is 5.11 Å². The van der Waals surface area contributed by atoms with Gasteiger partial charge in [-0.1, -0.05) is 64.7 Å². The van der Waals surface area contributed by atoms with Gasteiger partial charge in [-0.15, -0.1) is 0 Å². The fraction of sp³-hybridized carbons (Fsp3) is 0.889. The number of carbonyl (C=O) groups is 2. The first-order chi connectivity index (χ1) is 10.2. The van der Waals surface area contributed by atoms with E-state index in [9.17, 15) is 9.59 Å². The minimum atomic E-state index is -0.708. The molecule has 0 radical (unpaired) electrons. The number of aliphatic carboxylic acids is 1. The van der Waals surface area contributed by atoms with Crippen molar-refractivity contribution in [3.05, 3.63) is 0 Å². The van der Waals surface area contributed by atoms with Crippen LogP contribution in [-0.4, -0.2) is 16.9 Å². The van der Waals surface area contributed by atoms with Crippen LogP contribution in [0, 0.1) is 0 Å². The van der Waals surface area contributed by atoms with E-state index in [1.807, 2.05) is 0 Å². The van der Waals surface area contributed by atoms with Gasteiger partial charge in [0.1, 0.15) is 5.78 Å². The van der Waals surface area contributed by atoms with Crippen LogP contribution >= 0.6 is 0 Å². The molecule has 0 aliphatic carbocycles. The SMILES string of the molecule is CCCCCCCCCC(=O)CCCCCCCC(=O)O. The molecule has 3 nitrogen and oxygen atoms in total. The summed E-state index contributed by atoms with van der Waals surface area (Å²) in [7, 11) is 0. The number of carboxylic acid groups (broad SMARTS) is 1. The molecule has 0 fully saturated rings. The molecule has 0 spiro atoms. The Labute approximate surface area is 130 Å². The molecular formula is C18H34O3. The van der Waals surface area contributed by atoms with Crippen molar-refractivity contribution in [2.45, 2.75) is 103 Å². The van der Waals surface area contributed by atoms with Crippen molar-refractivity contribution in [3.8, 4) is 0 Å².